The number of nitrogens with one attached hydrogen (secondary N) is 1. The number of hydrogen-bond acceptors (Lipinski definition) is 4. The molecule has 3 rings (SSSR count). The molecule has 2 N–H and O–H groups in total. The molecule has 0 radical (unpaired) electrons. The second-order valence-electron chi connectivity index (χ2n) is 6.73. The fraction of sp³-hybridized carbons (Fsp3) is 0.556. The zero-order chi connectivity index (χ0) is 18.7. The zero-order valence-corrected chi connectivity index (χ0v) is 14.8. The molecule has 1 fully saturated rings. The van der Waals surface area contributed by atoms with E-state index in [0.717, 1.165) is 12.8 Å². The van der Waals surface area contributed by atoms with Crippen molar-refractivity contribution in [1.82, 2.24) is 15.1 Å². The van der Waals surface area contributed by atoms with Gasteiger partial charge in [-0.25, -0.2) is 9.18 Å². The van der Waals surface area contributed by atoms with E-state index >= 15 is 0 Å². The van der Waals surface area contributed by atoms with Crippen LogP contribution in [0.25, 0.3) is 0 Å². The third kappa shape index (κ3) is 4.07. The van der Waals surface area contributed by atoms with Gasteiger partial charge in [-0.15, -0.1) is 0 Å². The topological polar surface area (TPSA) is 82.1 Å². The molecule has 1 aromatic rings. The number of hydrogen-bond donors (Lipinski definition) is 2. The third-order valence-corrected chi connectivity index (χ3v) is 5.01. The van der Waals surface area contributed by atoms with Gasteiger partial charge in [-0.2, -0.15) is 0 Å². The third-order valence-electron chi connectivity index (χ3n) is 5.01. The number of fused-ring (bicyclic) bond motifs is 1. The monoisotopic (exact) mass is 365 g/mol. The first-order valence-corrected chi connectivity index (χ1v) is 8.89. The number of nitrogens with zero attached hydrogens (tertiary/aromatic N) is 2. The molecule has 0 bridgehead atoms. The first-order chi connectivity index (χ1) is 12.5. The maximum Gasteiger partial charge on any atom is 0.318 e. The number of amides is 2. The van der Waals surface area contributed by atoms with Crippen LogP contribution in [-0.2, 0) is 11.3 Å². The number of urea groups is 1. The minimum absolute atomic E-state index is 0.0215. The highest BCUT2D eigenvalue weighted by atomic mass is 19.1. The standard InChI is InChI=1S/C18H24FN3O4/c1-2-21(11-16(23)24)14-8-13(9-14)20-18(25)22-6-7-26-17-12(10-22)4-3-5-15(17)19/h3-5,13-14H,2,6-11H2,1H3,(H,20,25)(H,23,24). The Kier molecular flexibility index (Phi) is 5.61. The van der Waals surface area contributed by atoms with Crippen LogP contribution in [0, 0.1) is 5.82 Å². The van der Waals surface area contributed by atoms with E-state index in [1.807, 2.05) is 11.8 Å². The van der Waals surface area contributed by atoms with Gasteiger partial charge in [0.25, 0.3) is 0 Å². The lowest BCUT2D eigenvalue weighted by Crippen LogP contribution is -2.56. The van der Waals surface area contributed by atoms with Gasteiger partial charge in [-0.3, -0.25) is 9.69 Å². The van der Waals surface area contributed by atoms with Crippen molar-refractivity contribution < 1.29 is 23.8 Å². The lowest BCUT2D eigenvalue weighted by atomic mass is 9.85. The van der Waals surface area contributed by atoms with Crippen molar-refractivity contribution in [3.8, 4) is 5.75 Å². The SMILES string of the molecule is CCN(CC(=O)O)C1CC(NC(=O)N2CCOc3c(F)cccc3C2)C1. The molecule has 0 spiro atoms. The molecule has 26 heavy (non-hydrogen) atoms. The molecule has 0 aromatic heterocycles. The summed E-state index contributed by atoms with van der Waals surface area (Å²) in [7, 11) is 0. The Morgan fingerprint density at radius 2 is 2.19 bits per heavy atom. The largest absolute Gasteiger partial charge is 0.488 e. The number of rotatable bonds is 5. The van der Waals surface area contributed by atoms with Crippen molar-refractivity contribution in [2.75, 3.05) is 26.2 Å². The van der Waals surface area contributed by atoms with E-state index in [1.165, 1.54) is 6.07 Å². The summed E-state index contributed by atoms with van der Waals surface area (Å²) in [6.45, 7) is 3.56. The first-order valence-electron chi connectivity index (χ1n) is 8.89. The van der Waals surface area contributed by atoms with Crippen molar-refractivity contribution in [3.05, 3.63) is 29.6 Å². The molecule has 0 atom stereocenters. The van der Waals surface area contributed by atoms with Gasteiger partial charge in [0.05, 0.1) is 19.6 Å². The molecule has 1 heterocycles. The number of carboxylic acids is 1. The number of benzene rings is 1. The minimum atomic E-state index is -0.838. The molecule has 7 nitrogen and oxygen atoms in total. The van der Waals surface area contributed by atoms with Crippen molar-refractivity contribution in [2.24, 2.45) is 0 Å². The van der Waals surface area contributed by atoms with Crippen LogP contribution in [-0.4, -0.2) is 65.2 Å². The Hall–Kier alpha value is -2.35. The summed E-state index contributed by atoms with van der Waals surface area (Å²) in [4.78, 5) is 26.9. The van der Waals surface area contributed by atoms with Gasteiger partial charge in [0.15, 0.2) is 11.6 Å². The van der Waals surface area contributed by atoms with Crippen molar-refractivity contribution in [1.29, 1.82) is 0 Å². The van der Waals surface area contributed by atoms with E-state index in [0.29, 0.717) is 25.2 Å². The summed E-state index contributed by atoms with van der Waals surface area (Å²) >= 11 is 0. The second-order valence-corrected chi connectivity index (χ2v) is 6.73. The average Bonchev–Trinajstić information content (AvgIpc) is 2.79. The fourth-order valence-corrected chi connectivity index (χ4v) is 3.50. The molecule has 142 valence electrons. The predicted molar refractivity (Wildman–Crippen MR) is 92.5 cm³/mol. The maximum absolute atomic E-state index is 13.8. The Bertz CT molecular complexity index is 678. The van der Waals surface area contributed by atoms with Crippen LogP contribution in [0.15, 0.2) is 18.2 Å². The number of halogens is 1. The van der Waals surface area contributed by atoms with Crippen LogP contribution in [0.1, 0.15) is 25.3 Å². The van der Waals surface area contributed by atoms with E-state index in [1.54, 1.807) is 17.0 Å². The predicted octanol–water partition coefficient (Wildman–Crippen LogP) is 1.67. The number of likely N-dealkylation sites (N-methyl/N-ethyl adjacent to an activating group) is 1. The fourth-order valence-electron chi connectivity index (χ4n) is 3.50. The molecular weight excluding hydrogens is 341 g/mol. The number of ether oxygens (including phenoxy) is 1. The Morgan fingerprint density at radius 3 is 2.88 bits per heavy atom. The van der Waals surface area contributed by atoms with Gasteiger partial charge in [0.1, 0.15) is 6.61 Å². The summed E-state index contributed by atoms with van der Waals surface area (Å²) in [5.74, 6) is -1.03. The molecule has 1 aromatic carbocycles. The molecule has 8 heteroatoms. The van der Waals surface area contributed by atoms with Gasteiger partial charge >= 0.3 is 12.0 Å². The van der Waals surface area contributed by atoms with E-state index in [-0.39, 0.29) is 37.0 Å². The second kappa shape index (κ2) is 7.90. The highest BCUT2D eigenvalue weighted by Gasteiger charge is 2.35. The van der Waals surface area contributed by atoms with E-state index < -0.39 is 11.8 Å². The number of carbonyl (C=O) groups is 2. The molecule has 2 aliphatic rings. The van der Waals surface area contributed by atoms with Crippen LogP contribution in [0.4, 0.5) is 9.18 Å². The number of para-hydroxylation sites is 1. The summed E-state index contributed by atoms with van der Waals surface area (Å²) < 4.78 is 19.3. The Morgan fingerprint density at radius 1 is 1.42 bits per heavy atom. The van der Waals surface area contributed by atoms with Gasteiger partial charge in [0, 0.05) is 17.6 Å². The van der Waals surface area contributed by atoms with Gasteiger partial charge in [-0.05, 0) is 25.5 Å². The van der Waals surface area contributed by atoms with Crippen molar-refractivity contribution in [3.63, 3.8) is 0 Å². The molecule has 2 amide bonds. The summed E-state index contributed by atoms with van der Waals surface area (Å²) in [6, 6.07) is 4.73. The molecule has 1 saturated carbocycles. The van der Waals surface area contributed by atoms with E-state index in [9.17, 15) is 14.0 Å². The Balaban J connectivity index is 1.52. The molecule has 1 aliphatic heterocycles. The summed E-state index contributed by atoms with van der Waals surface area (Å²) in [6.07, 6.45) is 1.48. The smallest absolute Gasteiger partial charge is 0.318 e. The number of aliphatic carboxylic acids is 1. The van der Waals surface area contributed by atoms with Gasteiger partial charge in [0.2, 0.25) is 0 Å². The molecule has 1 aliphatic carbocycles. The molecule has 0 unspecified atom stereocenters. The quantitative estimate of drug-likeness (QED) is 0.829. The van der Waals surface area contributed by atoms with Crippen LogP contribution in [0.3, 0.4) is 0 Å². The van der Waals surface area contributed by atoms with Crippen LogP contribution >= 0.6 is 0 Å². The van der Waals surface area contributed by atoms with E-state index in [4.69, 9.17) is 9.84 Å². The normalized spacial score (nSPS) is 22.0. The lowest BCUT2D eigenvalue weighted by molar-refractivity contribution is -0.139. The van der Waals surface area contributed by atoms with Crippen molar-refractivity contribution in [2.45, 2.75) is 38.4 Å². The number of carbonyl (C=O) groups excluding carboxylic acids is 1. The number of carboxylic acid groups (broad SMARTS) is 1. The Labute approximate surface area is 151 Å². The highest BCUT2D eigenvalue weighted by molar-refractivity contribution is 5.75. The zero-order valence-electron chi connectivity index (χ0n) is 14.8. The van der Waals surface area contributed by atoms with Crippen LogP contribution in [0.2, 0.25) is 0 Å². The van der Waals surface area contributed by atoms with Crippen LogP contribution < -0.4 is 10.1 Å². The summed E-state index contributed by atoms with van der Waals surface area (Å²) in [5.41, 5.74) is 0.655. The maximum atomic E-state index is 13.8. The van der Waals surface area contributed by atoms with Gasteiger partial charge < -0.3 is 20.1 Å². The van der Waals surface area contributed by atoms with Crippen LogP contribution in [0.5, 0.6) is 5.75 Å². The van der Waals surface area contributed by atoms with Crippen molar-refractivity contribution >= 4 is 12.0 Å². The highest BCUT2D eigenvalue weighted by Crippen LogP contribution is 2.28. The minimum Gasteiger partial charge on any atom is -0.488 e. The van der Waals surface area contributed by atoms with Gasteiger partial charge in [-0.1, -0.05) is 19.1 Å². The average molecular weight is 365 g/mol. The molecular formula is C18H24FN3O4. The first kappa shape index (κ1) is 18.4. The summed E-state index contributed by atoms with van der Waals surface area (Å²) in [5, 5.41) is 11.9. The van der Waals surface area contributed by atoms with E-state index in [2.05, 4.69) is 5.32 Å². The molecule has 0 saturated heterocycles. The lowest BCUT2D eigenvalue weighted by Gasteiger charge is -2.42.